The zero-order valence-corrected chi connectivity index (χ0v) is 12.7. The van der Waals surface area contributed by atoms with Gasteiger partial charge in [-0.1, -0.05) is 24.6 Å². The molecule has 0 radical (unpaired) electrons. The van der Waals surface area contributed by atoms with Gasteiger partial charge in [-0.15, -0.1) is 0 Å². The van der Waals surface area contributed by atoms with Crippen molar-refractivity contribution in [3.05, 3.63) is 53.3 Å². The maximum atomic E-state index is 12.3. The molecule has 0 atom stereocenters. The van der Waals surface area contributed by atoms with Crippen molar-refractivity contribution < 1.29 is 4.79 Å². The molecule has 0 aliphatic rings. The van der Waals surface area contributed by atoms with Gasteiger partial charge in [0.2, 0.25) is 0 Å². The minimum absolute atomic E-state index is 0.192. The smallest absolute Gasteiger partial charge is 0.274 e. The number of hydrogen-bond donors (Lipinski definition) is 2. The Morgan fingerprint density at radius 2 is 2.00 bits per heavy atom. The number of carbonyl (C=O) groups excluding carboxylic acids is 1. The first kappa shape index (κ1) is 15.0. The summed E-state index contributed by atoms with van der Waals surface area (Å²) in [5, 5.41) is 6.16. The fourth-order valence-electron chi connectivity index (χ4n) is 2.07. The van der Waals surface area contributed by atoms with E-state index in [-0.39, 0.29) is 5.91 Å². The van der Waals surface area contributed by atoms with Crippen LogP contribution in [0.2, 0.25) is 0 Å². The molecule has 1 heterocycles. The predicted octanol–water partition coefficient (Wildman–Crippen LogP) is 3.77. The van der Waals surface area contributed by atoms with Crippen LogP contribution in [0.1, 0.15) is 35.0 Å². The van der Waals surface area contributed by atoms with Crippen molar-refractivity contribution in [2.45, 2.75) is 27.2 Å². The van der Waals surface area contributed by atoms with Crippen LogP contribution in [0.15, 0.2) is 36.5 Å². The van der Waals surface area contributed by atoms with E-state index in [9.17, 15) is 4.79 Å². The number of nitrogens with one attached hydrogen (secondary N) is 2. The summed E-state index contributed by atoms with van der Waals surface area (Å²) in [6.45, 7) is 6.99. The summed E-state index contributed by atoms with van der Waals surface area (Å²) in [5.74, 6) is -0.192. The number of carbonyl (C=O) groups is 1. The average Bonchev–Trinajstić information content (AvgIpc) is 2.48. The SMILES string of the molecule is CCCNc1ccnc(C(=O)Nc2ccc(C)cc2C)c1. The molecular weight excluding hydrogens is 262 g/mol. The fourth-order valence-corrected chi connectivity index (χ4v) is 2.07. The first-order valence-corrected chi connectivity index (χ1v) is 7.18. The van der Waals surface area contributed by atoms with E-state index < -0.39 is 0 Å². The van der Waals surface area contributed by atoms with Gasteiger partial charge in [0.1, 0.15) is 5.69 Å². The molecule has 2 aromatic rings. The van der Waals surface area contributed by atoms with E-state index in [1.165, 1.54) is 5.56 Å². The largest absolute Gasteiger partial charge is 0.385 e. The van der Waals surface area contributed by atoms with Crippen LogP contribution in [0.4, 0.5) is 11.4 Å². The van der Waals surface area contributed by atoms with Crippen LogP contribution < -0.4 is 10.6 Å². The zero-order chi connectivity index (χ0) is 15.2. The Bertz CT molecular complexity index is 638. The van der Waals surface area contributed by atoms with Crippen molar-refractivity contribution in [1.29, 1.82) is 0 Å². The minimum Gasteiger partial charge on any atom is -0.385 e. The summed E-state index contributed by atoms with van der Waals surface area (Å²) in [7, 11) is 0. The number of hydrogen-bond acceptors (Lipinski definition) is 3. The molecule has 2 rings (SSSR count). The molecular formula is C17H21N3O. The van der Waals surface area contributed by atoms with Gasteiger partial charge in [0, 0.05) is 24.1 Å². The van der Waals surface area contributed by atoms with Crippen LogP contribution in [0, 0.1) is 13.8 Å². The number of pyridine rings is 1. The molecule has 0 bridgehead atoms. The molecule has 0 spiro atoms. The first-order chi connectivity index (χ1) is 10.1. The molecule has 0 unspecified atom stereocenters. The van der Waals surface area contributed by atoms with Crippen molar-refractivity contribution in [1.82, 2.24) is 4.98 Å². The number of aromatic nitrogens is 1. The van der Waals surface area contributed by atoms with Crippen molar-refractivity contribution in [2.75, 3.05) is 17.2 Å². The van der Waals surface area contributed by atoms with E-state index in [4.69, 9.17) is 0 Å². The summed E-state index contributed by atoms with van der Waals surface area (Å²) >= 11 is 0. The van der Waals surface area contributed by atoms with E-state index >= 15 is 0 Å². The quantitative estimate of drug-likeness (QED) is 0.878. The van der Waals surface area contributed by atoms with E-state index in [0.717, 1.165) is 29.9 Å². The zero-order valence-electron chi connectivity index (χ0n) is 12.7. The van der Waals surface area contributed by atoms with Crippen molar-refractivity contribution in [3.63, 3.8) is 0 Å². The third kappa shape index (κ3) is 4.05. The Kier molecular flexibility index (Phi) is 4.93. The van der Waals surface area contributed by atoms with Crippen molar-refractivity contribution >= 4 is 17.3 Å². The Morgan fingerprint density at radius 1 is 1.19 bits per heavy atom. The highest BCUT2D eigenvalue weighted by molar-refractivity contribution is 6.03. The summed E-state index contributed by atoms with van der Waals surface area (Å²) in [4.78, 5) is 16.4. The van der Waals surface area contributed by atoms with Gasteiger partial charge in [-0.05, 0) is 44.0 Å². The Balaban J connectivity index is 2.12. The maximum absolute atomic E-state index is 12.3. The van der Waals surface area contributed by atoms with Crippen LogP contribution in [0.25, 0.3) is 0 Å². The van der Waals surface area contributed by atoms with Crippen molar-refractivity contribution in [3.8, 4) is 0 Å². The van der Waals surface area contributed by atoms with E-state index in [2.05, 4.69) is 22.5 Å². The third-order valence-corrected chi connectivity index (χ3v) is 3.20. The van der Waals surface area contributed by atoms with Crippen LogP contribution >= 0.6 is 0 Å². The summed E-state index contributed by atoms with van der Waals surface area (Å²) < 4.78 is 0. The first-order valence-electron chi connectivity index (χ1n) is 7.18. The Morgan fingerprint density at radius 3 is 2.71 bits per heavy atom. The van der Waals surface area contributed by atoms with Gasteiger partial charge >= 0.3 is 0 Å². The molecule has 0 aliphatic carbocycles. The molecule has 0 aliphatic heterocycles. The second-order valence-electron chi connectivity index (χ2n) is 5.13. The summed E-state index contributed by atoms with van der Waals surface area (Å²) in [6.07, 6.45) is 2.68. The van der Waals surface area contributed by atoms with Gasteiger partial charge in [0.25, 0.3) is 5.91 Å². The number of rotatable bonds is 5. The predicted molar refractivity (Wildman–Crippen MR) is 86.9 cm³/mol. The normalized spacial score (nSPS) is 10.2. The lowest BCUT2D eigenvalue weighted by molar-refractivity contribution is 0.102. The van der Waals surface area contributed by atoms with E-state index in [1.807, 2.05) is 38.1 Å². The van der Waals surface area contributed by atoms with Crippen LogP contribution in [0.5, 0.6) is 0 Å². The molecule has 1 aromatic heterocycles. The molecule has 1 amide bonds. The molecule has 0 saturated heterocycles. The van der Waals surface area contributed by atoms with Gasteiger partial charge in [0.15, 0.2) is 0 Å². The summed E-state index contributed by atoms with van der Waals surface area (Å²) in [6, 6.07) is 9.58. The van der Waals surface area contributed by atoms with Crippen LogP contribution in [-0.2, 0) is 0 Å². The Labute approximate surface area is 125 Å². The second-order valence-corrected chi connectivity index (χ2v) is 5.13. The van der Waals surface area contributed by atoms with Crippen molar-refractivity contribution in [2.24, 2.45) is 0 Å². The molecule has 0 saturated carbocycles. The standard InChI is InChI=1S/C17H21N3O/c1-4-8-18-14-7-9-19-16(11-14)17(21)20-15-6-5-12(2)10-13(15)3/h5-7,9-11H,4,8H2,1-3H3,(H,18,19)(H,20,21). The number of anilines is 2. The molecule has 2 N–H and O–H groups in total. The third-order valence-electron chi connectivity index (χ3n) is 3.20. The lowest BCUT2D eigenvalue weighted by Gasteiger charge is -2.10. The van der Waals surface area contributed by atoms with E-state index in [0.29, 0.717) is 5.69 Å². The monoisotopic (exact) mass is 283 g/mol. The molecule has 110 valence electrons. The molecule has 4 heteroatoms. The lowest BCUT2D eigenvalue weighted by Crippen LogP contribution is -2.15. The highest BCUT2D eigenvalue weighted by Crippen LogP contribution is 2.17. The fraction of sp³-hybridized carbons (Fsp3) is 0.294. The molecule has 21 heavy (non-hydrogen) atoms. The maximum Gasteiger partial charge on any atom is 0.274 e. The number of amides is 1. The highest BCUT2D eigenvalue weighted by Gasteiger charge is 2.09. The van der Waals surface area contributed by atoms with Gasteiger partial charge in [-0.25, -0.2) is 0 Å². The lowest BCUT2D eigenvalue weighted by atomic mass is 10.1. The second kappa shape index (κ2) is 6.88. The van der Waals surface area contributed by atoms with Crippen LogP contribution in [0.3, 0.4) is 0 Å². The number of aryl methyl sites for hydroxylation is 2. The van der Waals surface area contributed by atoms with Gasteiger partial charge in [-0.2, -0.15) is 0 Å². The van der Waals surface area contributed by atoms with Gasteiger partial charge in [0.05, 0.1) is 0 Å². The average molecular weight is 283 g/mol. The highest BCUT2D eigenvalue weighted by atomic mass is 16.1. The number of benzene rings is 1. The minimum atomic E-state index is -0.192. The van der Waals surface area contributed by atoms with Gasteiger partial charge < -0.3 is 10.6 Å². The molecule has 0 fully saturated rings. The van der Waals surface area contributed by atoms with E-state index in [1.54, 1.807) is 12.3 Å². The topological polar surface area (TPSA) is 54.0 Å². The molecule has 4 nitrogen and oxygen atoms in total. The van der Waals surface area contributed by atoms with Gasteiger partial charge in [-0.3, -0.25) is 9.78 Å². The Hall–Kier alpha value is -2.36. The molecule has 1 aromatic carbocycles. The van der Waals surface area contributed by atoms with Crippen LogP contribution in [-0.4, -0.2) is 17.4 Å². The number of nitrogens with zero attached hydrogens (tertiary/aromatic N) is 1. The summed E-state index contributed by atoms with van der Waals surface area (Å²) in [5.41, 5.74) is 4.37.